The van der Waals surface area contributed by atoms with Crippen LogP contribution in [-0.4, -0.2) is 39.4 Å². The molecule has 0 saturated heterocycles. The molecule has 0 bridgehead atoms. The van der Waals surface area contributed by atoms with Gasteiger partial charge in [-0.1, -0.05) is 0 Å². The van der Waals surface area contributed by atoms with Gasteiger partial charge in [0.15, 0.2) is 5.69 Å². The second-order valence-corrected chi connectivity index (χ2v) is 3.99. The van der Waals surface area contributed by atoms with Gasteiger partial charge in [-0.25, -0.2) is 9.78 Å². The van der Waals surface area contributed by atoms with Gasteiger partial charge >= 0.3 is 5.97 Å². The first-order valence-electron chi connectivity index (χ1n) is 5.82. The van der Waals surface area contributed by atoms with Crippen LogP contribution in [0, 0.1) is 6.92 Å². The predicted octanol–water partition coefficient (Wildman–Crippen LogP) is 0.880. The molecular formula is C12H15N5O2. The van der Waals surface area contributed by atoms with Crippen LogP contribution in [-0.2, 0) is 11.3 Å². The molecular weight excluding hydrogens is 246 g/mol. The molecule has 0 aromatic carbocycles. The van der Waals surface area contributed by atoms with Gasteiger partial charge in [0.05, 0.1) is 32.2 Å². The summed E-state index contributed by atoms with van der Waals surface area (Å²) in [7, 11) is 1.31. The Morgan fingerprint density at radius 3 is 2.95 bits per heavy atom. The van der Waals surface area contributed by atoms with Gasteiger partial charge in [-0.2, -0.15) is 5.10 Å². The normalized spacial score (nSPS) is 10.2. The van der Waals surface area contributed by atoms with E-state index in [1.165, 1.54) is 13.3 Å². The van der Waals surface area contributed by atoms with Crippen molar-refractivity contribution in [2.75, 3.05) is 19.0 Å². The zero-order valence-electron chi connectivity index (χ0n) is 10.8. The minimum Gasteiger partial charge on any atom is -0.464 e. The SMILES string of the molecule is COC(=O)c1cncc(NCCn2cc(C)cn2)n1. The van der Waals surface area contributed by atoms with E-state index in [-0.39, 0.29) is 5.69 Å². The van der Waals surface area contributed by atoms with Gasteiger partial charge in [-0.15, -0.1) is 0 Å². The van der Waals surface area contributed by atoms with E-state index in [2.05, 4.69) is 25.1 Å². The van der Waals surface area contributed by atoms with Crippen LogP contribution >= 0.6 is 0 Å². The molecule has 0 atom stereocenters. The fraction of sp³-hybridized carbons (Fsp3) is 0.333. The van der Waals surface area contributed by atoms with Gasteiger partial charge in [0, 0.05) is 12.7 Å². The lowest BCUT2D eigenvalue weighted by Gasteiger charge is -2.06. The summed E-state index contributed by atoms with van der Waals surface area (Å²) < 4.78 is 6.42. The number of rotatable bonds is 5. The van der Waals surface area contributed by atoms with Gasteiger partial charge in [0.1, 0.15) is 5.82 Å². The van der Waals surface area contributed by atoms with Crippen molar-refractivity contribution in [2.24, 2.45) is 0 Å². The highest BCUT2D eigenvalue weighted by Gasteiger charge is 2.08. The van der Waals surface area contributed by atoms with E-state index in [9.17, 15) is 4.79 Å². The van der Waals surface area contributed by atoms with E-state index in [0.717, 1.165) is 5.56 Å². The van der Waals surface area contributed by atoms with Gasteiger partial charge in [0.25, 0.3) is 0 Å². The van der Waals surface area contributed by atoms with Crippen LogP contribution in [0.1, 0.15) is 16.1 Å². The van der Waals surface area contributed by atoms with Crippen molar-refractivity contribution in [1.82, 2.24) is 19.7 Å². The van der Waals surface area contributed by atoms with E-state index in [1.807, 2.05) is 17.8 Å². The number of carbonyl (C=O) groups excluding carboxylic acids is 1. The molecule has 0 amide bonds. The average Bonchev–Trinajstić information content (AvgIpc) is 2.84. The lowest BCUT2D eigenvalue weighted by Crippen LogP contribution is -2.13. The average molecular weight is 261 g/mol. The number of nitrogens with one attached hydrogen (secondary N) is 1. The number of carbonyl (C=O) groups is 1. The third-order valence-electron chi connectivity index (χ3n) is 2.44. The predicted molar refractivity (Wildman–Crippen MR) is 68.8 cm³/mol. The fourth-order valence-electron chi connectivity index (χ4n) is 1.54. The number of hydrogen-bond acceptors (Lipinski definition) is 6. The van der Waals surface area contributed by atoms with Crippen molar-refractivity contribution >= 4 is 11.8 Å². The molecule has 1 N–H and O–H groups in total. The highest BCUT2D eigenvalue weighted by atomic mass is 16.5. The quantitative estimate of drug-likeness (QED) is 0.805. The van der Waals surface area contributed by atoms with Crippen molar-refractivity contribution < 1.29 is 9.53 Å². The van der Waals surface area contributed by atoms with Crippen LogP contribution in [0.25, 0.3) is 0 Å². The number of hydrogen-bond donors (Lipinski definition) is 1. The molecule has 2 aromatic rings. The van der Waals surface area contributed by atoms with E-state index >= 15 is 0 Å². The number of nitrogens with zero attached hydrogens (tertiary/aromatic N) is 4. The molecule has 0 saturated carbocycles. The van der Waals surface area contributed by atoms with Crippen LogP contribution in [0.15, 0.2) is 24.8 Å². The molecule has 2 rings (SSSR count). The number of aryl methyl sites for hydroxylation is 1. The molecule has 0 radical (unpaired) electrons. The summed E-state index contributed by atoms with van der Waals surface area (Å²) >= 11 is 0. The summed E-state index contributed by atoms with van der Waals surface area (Å²) in [6.45, 7) is 3.33. The minimum absolute atomic E-state index is 0.183. The Labute approximate surface area is 110 Å². The van der Waals surface area contributed by atoms with E-state index < -0.39 is 5.97 Å². The molecule has 0 aliphatic heterocycles. The Kier molecular flexibility index (Phi) is 4.07. The topological polar surface area (TPSA) is 81.9 Å². The molecule has 0 unspecified atom stereocenters. The van der Waals surface area contributed by atoms with Gasteiger partial charge in [0.2, 0.25) is 0 Å². The number of methoxy groups -OCH3 is 1. The van der Waals surface area contributed by atoms with Crippen LogP contribution in [0.5, 0.6) is 0 Å². The maximum Gasteiger partial charge on any atom is 0.358 e. The van der Waals surface area contributed by atoms with Gasteiger partial charge in [-0.3, -0.25) is 9.67 Å². The number of esters is 1. The van der Waals surface area contributed by atoms with Crippen molar-refractivity contribution in [3.8, 4) is 0 Å². The zero-order chi connectivity index (χ0) is 13.7. The van der Waals surface area contributed by atoms with Crippen LogP contribution < -0.4 is 5.32 Å². The second kappa shape index (κ2) is 5.94. The maximum absolute atomic E-state index is 11.3. The molecule has 0 spiro atoms. The Balaban J connectivity index is 1.90. The van der Waals surface area contributed by atoms with E-state index in [0.29, 0.717) is 18.9 Å². The van der Waals surface area contributed by atoms with Crippen LogP contribution in [0.3, 0.4) is 0 Å². The summed E-state index contributed by atoms with van der Waals surface area (Å²) in [5.41, 5.74) is 1.30. The smallest absolute Gasteiger partial charge is 0.358 e. The molecule has 19 heavy (non-hydrogen) atoms. The van der Waals surface area contributed by atoms with Gasteiger partial charge < -0.3 is 10.1 Å². The van der Waals surface area contributed by atoms with Crippen LogP contribution in [0.4, 0.5) is 5.82 Å². The van der Waals surface area contributed by atoms with Crippen molar-refractivity contribution in [3.05, 3.63) is 36.0 Å². The zero-order valence-corrected chi connectivity index (χ0v) is 10.8. The fourth-order valence-corrected chi connectivity index (χ4v) is 1.54. The Morgan fingerprint density at radius 2 is 2.26 bits per heavy atom. The van der Waals surface area contributed by atoms with Gasteiger partial charge in [-0.05, 0) is 12.5 Å². The molecule has 0 fully saturated rings. The molecule has 0 aliphatic carbocycles. The largest absolute Gasteiger partial charge is 0.464 e. The number of aromatic nitrogens is 4. The van der Waals surface area contributed by atoms with Crippen LogP contribution in [0.2, 0.25) is 0 Å². The molecule has 100 valence electrons. The summed E-state index contributed by atoms with van der Waals surface area (Å²) in [6, 6.07) is 0. The van der Waals surface area contributed by atoms with Crippen molar-refractivity contribution in [1.29, 1.82) is 0 Å². The molecule has 7 nitrogen and oxygen atoms in total. The van der Waals surface area contributed by atoms with Crippen molar-refractivity contribution in [3.63, 3.8) is 0 Å². The first-order chi connectivity index (χ1) is 9.19. The Morgan fingerprint density at radius 1 is 1.42 bits per heavy atom. The third kappa shape index (κ3) is 3.51. The van der Waals surface area contributed by atoms with E-state index in [1.54, 1.807) is 12.4 Å². The summed E-state index contributed by atoms with van der Waals surface area (Å²) in [6.07, 6.45) is 6.69. The van der Waals surface area contributed by atoms with E-state index in [4.69, 9.17) is 0 Å². The third-order valence-corrected chi connectivity index (χ3v) is 2.44. The molecule has 2 aromatic heterocycles. The summed E-state index contributed by atoms with van der Waals surface area (Å²) in [5.74, 6) is 0.0330. The summed E-state index contributed by atoms with van der Waals surface area (Å²) in [5, 5.41) is 7.25. The first kappa shape index (κ1) is 13.0. The second-order valence-electron chi connectivity index (χ2n) is 3.99. The highest BCUT2D eigenvalue weighted by Crippen LogP contribution is 2.03. The molecule has 7 heteroatoms. The minimum atomic E-state index is -0.501. The number of ether oxygens (including phenoxy) is 1. The lowest BCUT2D eigenvalue weighted by atomic mass is 10.4. The lowest BCUT2D eigenvalue weighted by molar-refractivity contribution is 0.0593. The maximum atomic E-state index is 11.3. The monoisotopic (exact) mass is 261 g/mol. The standard InChI is InChI=1S/C12H15N5O2/c1-9-5-15-17(8-9)4-3-14-11-7-13-6-10(16-11)12(18)19-2/h5-8H,3-4H2,1-2H3,(H,14,16). The van der Waals surface area contributed by atoms with Crippen molar-refractivity contribution in [2.45, 2.75) is 13.5 Å². The summed E-state index contributed by atoms with van der Waals surface area (Å²) in [4.78, 5) is 19.3. The Bertz CT molecular complexity index is 567. The Hall–Kier alpha value is -2.44. The molecule has 0 aliphatic rings. The number of anilines is 1. The highest BCUT2D eigenvalue weighted by molar-refractivity contribution is 5.87. The molecule has 2 heterocycles. The first-order valence-corrected chi connectivity index (χ1v) is 5.82.